The molecular weight excluding hydrogens is 262 g/mol. The lowest BCUT2D eigenvalue weighted by molar-refractivity contribution is 0.266. The van der Waals surface area contributed by atoms with Gasteiger partial charge in [0, 0.05) is 12.5 Å². The fourth-order valence-corrected chi connectivity index (χ4v) is 3.35. The van der Waals surface area contributed by atoms with E-state index in [2.05, 4.69) is 43.3 Å². The van der Waals surface area contributed by atoms with Crippen molar-refractivity contribution in [2.45, 2.75) is 50.9 Å². The molecule has 4 heteroatoms. The van der Waals surface area contributed by atoms with E-state index in [-0.39, 0.29) is 11.3 Å². The second kappa shape index (κ2) is 5.60. The number of nitrogens with two attached hydrogens (primary N) is 1. The predicted molar refractivity (Wildman–Crippen MR) is 82.2 cm³/mol. The number of aryl methyl sites for hydroxylation is 1. The number of hydrogen-bond donors (Lipinski definition) is 1. The predicted octanol–water partition coefficient (Wildman–Crippen LogP) is 3.16. The summed E-state index contributed by atoms with van der Waals surface area (Å²) < 4.78 is 5.59. The molecule has 2 aromatic rings. The van der Waals surface area contributed by atoms with Crippen LogP contribution < -0.4 is 5.73 Å². The van der Waals surface area contributed by atoms with Gasteiger partial charge in [-0.25, -0.2) is 0 Å². The number of nitrogens with zero attached hydrogens (tertiary/aromatic N) is 2. The highest BCUT2D eigenvalue weighted by Crippen LogP contribution is 2.38. The minimum absolute atomic E-state index is 0.177. The van der Waals surface area contributed by atoms with Gasteiger partial charge in [-0.15, -0.1) is 0 Å². The average molecular weight is 285 g/mol. The summed E-state index contributed by atoms with van der Waals surface area (Å²) in [6.07, 6.45) is 3.99. The Bertz CT molecular complexity index is 608. The van der Waals surface area contributed by atoms with Crippen molar-refractivity contribution in [1.82, 2.24) is 10.1 Å². The van der Waals surface area contributed by atoms with Crippen molar-refractivity contribution in [1.29, 1.82) is 0 Å². The standard InChI is InChI=1S/C17H23N3O/c1-3-17(4-2,11-18)16-19-15(20-21-16)14-10-9-12-7-5-6-8-13(12)14/h5-8,14H,3-4,9-11,18H2,1-2H3. The molecule has 1 heterocycles. The van der Waals surface area contributed by atoms with E-state index in [9.17, 15) is 0 Å². The molecule has 1 unspecified atom stereocenters. The van der Waals surface area contributed by atoms with Crippen molar-refractivity contribution in [3.05, 3.63) is 47.1 Å². The number of rotatable bonds is 5. The Morgan fingerprint density at radius 2 is 2.05 bits per heavy atom. The number of aromatic nitrogens is 2. The Balaban J connectivity index is 1.93. The monoisotopic (exact) mass is 285 g/mol. The molecule has 1 aromatic heterocycles. The first-order chi connectivity index (χ1) is 10.2. The molecule has 4 nitrogen and oxygen atoms in total. The third-order valence-corrected chi connectivity index (χ3v) is 5.08. The molecule has 0 aliphatic heterocycles. The fraction of sp³-hybridized carbons (Fsp3) is 0.529. The lowest BCUT2D eigenvalue weighted by atomic mass is 9.82. The van der Waals surface area contributed by atoms with Crippen molar-refractivity contribution in [3.63, 3.8) is 0 Å². The SMILES string of the molecule is CCC(CC)(CN)c1nc(C2CCc3ccccc32)no1. The summed E-state index contributed by atoms with van der Waals surface area (Å²) in [5.74, 6) is 1.78. The first-order valence-electron chi connectivity index (χ1n) is 7.86. The zero-order valence-electron chi connectivity index (χ0n) is 12.8. The quantitative estimate of drug-likeness (QED) is 0.916. The lowest BCUT2D eigenvalue weighted by Crippen LogP contribution is -2.34. The zero-order valence-corrected chi connectivity index (χ0v) is 12.8. The first-order valence-corrected chi connectivity index (χ1v) is 7.86. The molecule has 0 bridgehead atoms. The Labute approximate surface area is 125 Å². The van der Waals surface area contributed by atoms with E-state index >= 15 is 0 Å². The molecule has 0 spiro atoms. The summed E-state index contributed by atoms with van der Waals surface area (Å²) in [5, 5.41) is 4.27. The van der Waals surface area contributed by atoms with Gasteiger partial charge >= 0.3 is 0 Å². The summed E-state index contributed by atoms with van der Waals surface area (Å²) in [4.78, 5) is 4.72. The maximum absolute atomic E-state index is 5.97. The van der Waals surface area contributed by atoms with Crippen LogP contribution in [0.1, 0.15) is 61.9 Å². The molecule has 0 amide bonds. The van der Waals surface area contributed by atoms with Gasteiger partial charge in [0.1, 0.15) is 0 Å². The van der Waals surface area contributed by atoms with E-state index in [1.54, 1.807) is 0 Å². The summed E-state index contributed by atoms with van der Waals surface area (Å²) in [6.45, 7) is 4.80. The van der Waals surface area contributed by atoms with Crippen LogP contribution in [-0.2, 0) is 11.8 Å². The number of benzene rings is 1. The average Bonchev–Trinajstić information content (AvgIpc) is 3.16. The summed E-state index contributed by atoms with van der Waals surface area (Å²) in [7, 11) is 0. The van der Waals surface area contributed by atoms with Crippen molar-refractivity contribution in [3.8, 4) is 0 Å². The minimum atomic E-state index is -0.177. The number of fused-ring (bicyclic) bond motifs is 1. The van der Waals surface area contributed by atoms with E-state index in [4.69, 9.17) is 15.2 Å². The Morgan fingerprint density at radius 3 is 2.76 bits per heavy atom. The molecule has 112 valence electrons. The van der Waals surface area contributed by atoms with Crippen molar-refractivity contribution >= 4 is 0 Å². The van der Waals surface area contributed by atoms with Crippen LogP contribution in [0.2, 0.25) is 0 Å². The number of hydrogen-bond acceptors (Lipinski definition) is 4. The largest absolute Gasteiger partial charge is 0.339 e. The van der Waals surface area contributed by atoms with Crippen LogP contribution in [0.5, 0.6) is 0 Å². The van der Waals surface area contributed by atoms with Gasteiger partial charge < -0.3 is 10.3 Å². The molecule has 0 saturated heterocycles. The third kappa shape index (κ3) is 2.27. The van der Waals surface area contributed by atoms with Crippen molar-refractivity contribution < 1.29 is 4.52 Å². The van der Waals surface area contributed by atoms with Crippen LogP contribution in [0.4, 0.5) is 0 Å². The molecular formula is C17H23N3O. The van der Waals surface area contributed by atoms with Gasteiger partial charge in [-0.05, 0) is 36.8 Å². The van der Waals surface area contributed by atoms with Gasteiger partial charge in [0.25, 0.3) is 0 Å². The zero-order chi connectivity index (χ0) is 14.9. The van der Waals surface area contributed by atoms with Crippen molar-refractivity contribution in [2.24, 2.45) is 5.73 Å². The highest BCUT2D eigenvalue weighted by molar-refractivity contribution is 5.38. The van der Waals surface area contributed by atoms with Crippen LogP contribution >= 0.6 is 0 Å². The summed E-state index contributed by atoms with van der Waals surface area (Å²) in [5.41, 5.74) is 8.55. The topological polar surface area (TPSA) is 64.9 Å². The second-order valence-corrected chi connectivity index (χ2v) is 5.94. The van der Waals surface area contributed by atoms with E-state index in [1.165, 1.54) is 11.1 Å². The summed E-state index contributed by atoms with van der Waals surface area (Å²) >= 11 is 0. The van der Waals surface area contributed by atoms with Gasteiger partial charge in [0.05, 0.1) is 5.41 Å². The maximum atomic E-state index is 5.97. The van der Waals surface area contributed by atoms with Crippen molar-refractivity contribution in [2.75, 3.05) is 6.54 Å². The van der Waals surface area contributed by atoms with E-state index in [1.807, 2.05) is 0 Å². The Hall–Kier alpha value is -1.68. The van der Waals surface area contributed by atoms with Crippen LogP contribution in [0.25, 0.3) is 0 Å². The normalized spacial score (nSPS) is 18.0. The molecule has 1 aliphatic rings. The highest BCUT2D eigenvalue weighted by Gasteiger charge is 2.35. The van der Waals surface area contributed by atoms with Crippen LogP contribution in [0, 0.1) is 0 Å². The van der Waals surface area contributed by atoms with Gasteiger partial charge in [0.15, 0.2) is 5.82 Å². The highest BCUT2D eigenvalue weighted by atomic mass is 16.5. The van der Waals surface area contributed by atoms with Gasteiger partial charge in [-0.1, -0.05) is 43.3 Å². The molecule has 21 heavy (non-hydrogen) atoms. The fourth-order valence-electron chi connectivity index (χ4n) is 3.35. The van der Waals surface area contributed by atoms with Gasteiger partial charge in [-0.3, -0.25) is 0 Å². The van der Waals surface area contributed by atoms with E-state index in [0.29, 0.717) is 12.4 Å². The van der Waals surface area contributed by atoms with Crippen LogP contribution in [0.15, 0.2) is 28.8 Å². The van der Waals surface area contributed by atoms with E-state index in [0.717, 1.165) is 31.5 Å². The molecule has 0 radical (unpaired) electrons. The third-order valence-electron chi connectivity index (χ3n) is 5.08. The van der Waals surface area contributed by atoms with E-state index < -0.39 is 0 Å². The lowest BCUT2D eigenvalue weighted by Gasteiger charge is -2.25. The Morgan fingerprint density at radius 1 is 1.29 bits per heavy atom. The van der Waals surface area contributed by atoms with Gasteiger partial charge in [-0.2, -0.15) is 4.98 Å². The maximum Gasteiger partial charge on any atom is 0.234 e. The molecule has 3 rings (SSSR count). The Kier molecular flexibility index (Phi) is 3.81. The minimum Gasteiger partial charge on any atom is -0.339 e. The smallest absolute Gasteiger partial charge is 0.234 e. The molecule has 1 atom stereocenters. The van der Waals surface area contributed by atoms with Gasteiger partial charge in [0.2, 0.25) is 5.89 Å². The first kappa shape index (κ1) is 14.3. The summed E-state index contributed by atoms with van der Waals surface area (Å²) in [6, 6.07) is 8.55. The van der Waals surface area contributed by atoms with Crippen LogP contribution in [0.3, 0.4) is 0 Å². The molecule has 0 fully saturated rings. The second-order valence-electron chi connectivity index (χ2n) is 5.94. The molecule has 2 N–H and O–H groups in total. The van der Waals surface area contributed by atoms with Crippen LogP contribution in [-0.4, -0.2) is 16.7 Å². The molecule has 1 aromatic carbocycles. The molecule has 0 saturated carbocycles. The molecule has 1 aliphatic carbocycles.